The molecule has 1 aliphatic rings. The second-order valence-electron chi connectivity index (χ2n) is 3.48. The van der Waals surface area contributed by atoms with Gasteiger partial charge in [-0.1, -0.05) is 23.2 Å². The maximum atomic E-state index is 5.98. The number of hydrogen-bond acceptors (Lipinski definition) is 3. The Morgan fingerprint density at radius 2 is 2.24 bits per heavy atom. The van der Waals surface area contributed by atoms with Gasteiger partial charge in [0.25, 0.3) is 0 Å². The van der Waals surface area contributed by atoms with Crippen molar-refractivity contribution in [1.82, 2.24) is 4.90 Å². The molecule has 0 aliphatic carbocycles. The normalized spacial score (nSPS) is 18.9. The lowest BCUT2D eigenvalue weighted by Gasteiger charge is -2.18. The van der Waals surface area contributed by atoms with E-state index in [1.807, 2.05) is 7.05 Å². The van der Waals surface area contributed by atoms with E-state index >= 15 is 0 Å². The van der Waals surface area contributed by atoms with Crippen LogP contribution >= 0.6 is 35.4 Å². The van der Waals surface area contributed by atoms with Gasteiger partial charge in [-0.05, 0) is 30.4 Å². The number of nitrogens with zero attached hydrogens (tertiary/aromatic N) is 3. The zero-order valence-corrected chi connectivity index (χ0v) is 11.3. The van der Waals surface area contributed by atoms with E-state index in [4.69, 9.17) is 40.2 Å². The van der Waals surface area contributed by atoms with Crippen molar-refractivity contribution in [3.63, 3.8) is 0 Å². The molecule has 4 nitrogen and oxygen atoms in total. The van der Waals surface area contributed by atoms with Gasteiger partial charge in [0, 0.05) is 12.1 Å². The van der Waals surface area contributed by atoms with E-state index in [1.54, 1.807) is 23.1 Å². The molecule has 0 amide bonds. The van der Waals surface area contributed by atoms with Gasteiger partial charge in [-0.15, -0.1) is 5.11 Å². The molecule has 1 atom stereocenters. The molecule has 0 saturated carbocycles. The molecule has 7 heteroatoms. The number of rotatable bonds is 3. The Hall–Kier alpha value is -0.910. The molecule has 0 bridgehead atoms. The van der Waals surface area contributed by atoms with Crippen molar-refractivity contribution in [2.24, 2.45) is 10.2 Å². The second kappa shape index (κ2) is 5.16. The highest BCUT2D eigenvalue weighted by Gasteiger charge is 2.23. The van der Waals surface area contributed by atoms with Crippen LogP contribution in [-0.2, 0) is 0 Å². The number of hydrogen-bond donors (Lipinski definition) is 0. The van der Waals surface area contributed by atoms with E-state index in [2.05, 4.69) is 10.2 Å². The minimum absolute atomic E-state index is 0.200. The summed E-state index contributed by atoms with van der Waals surface area (Å²) in [6.45, 7) is 0.335. The lowest BCUT2D eigenvalue weighted by atomic mass is 10.3. The van der Waals surface area contributed by atoms with Gasteiger partial charge >= 0.3 is 0 Å². The molecule has 1 aromatic carbocycles. The quantitative estimate of drug-likeness (QED) is 0.801. The molecular weight excluding hydrogens is 281 g/mol. The predicted octanol–water partition coefficient (Wildman–Crippen LogP) is 3.38. The fourth-order valence-electron chi connectivity index (χ4n) is 1.29. The highest BCUT2D eigenvalue weighted by atomic mass is 35.5. The minimum Gasteiger partial charge on any atom is -0.488 e. The molecule has 17 heavy (non-hydrogen) atoms. The summed E-state index contributed by atoms with van der Waals surface area (Å²) in [5.74, 6) is 0.567. The first-order valence-corrected chi connectivity index (χ1v) is 6.00. The first-order chi connectivity index (χ1) is 8.08. The third-order valence-corrected chi connectivity index (χ3v) is 3.21. The molecule has 0 N–H and O–H groups in total. The molecular formula is C10H9Cl2N3OS. The van der Waals surface area contributed by atoms with Crippen molar-refractivity contribution in [2.45, 2.75) is 6.17 Å². The number of benzene rings is 1. The zero-order valence-electron chi connectivity index (χ0n) is 8.93. The fraction of sp³-hybridized carbons (Fsp3) is 0.300. The largest absolute Gasteiger partial charge is 0.488 e. The summed E-state index contributed by atoms with van der Waals surface area (Å²) in [5, 5.41) is 9.27. The summed E-state index contributed by atoms with van der Waals surface area (Å²) in [5.41, 5.74) is 0. The monoisotopic (exact) mass is 289 g/mol. The number of azo groups is 1. The number of ether oxygens (including phenoxy) is 1. The number of likely N-dealkylation sites (N-methyl/N-ethyl adjacent to an activating group) is 1. The third-order valence-electron chi connectivity index (χ3n) is 2.31. The van der Waals surface area contributed by atoms with Gasteiger partial charge in [0.15, 0.2) is 6.17 Å². The Bertz CT molecular complexity index is 481. The van der Waals surface area contributed by atoms with Crippen molar-refractivity contribution >= 4 is 40.5 Å². The standard InChI is InChI=1S/C10H9Cl2N3OS/c1-15-9(13-14-10(15)17)5-16-8-3-2-6(11)4-7(8)12/h2-4,9H,5H2,1H3. The van der Waals surface area contributed by atoms with Crippen LogP contribution in [0.25, 0.3) is 0 Å². The lowest BCUT2D eigenvalue weighted by Crippen LogP contribution is -2.33. The summed E-state index contributed by atoms with van der Waals surface area (Å²) in [6, 6.07) is 5.06. The molecule has 0 spiro atoms. The van der Waals surface area contributed by atoms with Gasteiger partial charge in [-0.25, -0.2) is 0 Å². The predicted molar refractivity (Wildman–Crippen MR) is 71.0 cm³/mol. The SMILES string of the molecule is CN1C(=S)N=NC1COc1ccc(Cl)cc1Cl. The molecule has 1 unspecified atom stereocenters. The Labute approximate surface area is 114 Å². The minimum atomic E-state index is -0.200. The summed E-state index contributed by atoms with van der Waals surface area (Å²) >= 11 is 16.7. The van der Waals surface area contributed by atoms with Crippen LogP contribution in [0.1, 0.15) is 0 Å². The molecule has 0 aromatic heterocycles. The van der Waals surface area contributed by atoms with Gasteiger partial charge < -0.3 is 9.64 Å². The molecule has 2 rings (SSSR count). The Kier molecular flexibility index (Phi) is 3.81. The van der Waals surface area contributed by atoms with E-state index in [0.29, 0.717) is 27.5 Å². The van der Waals surface area contributed by atoms with Crippen LogP contribution in [0.3, 0.4) is 0 Å². The summed E-state index contributed by atoms with van der Waals surface area (Å²) in [7, 11) is 1.82. The molecule has 90 valence electrons. The van der Waals surface area contributed by atoms with Crippen LogP contribution in [0.2, 0.25) is 10.0 Å². The first kappa shape index (κ1) is 12.5. The summed E-state index contributed by atoms with van der Waals surface area (Å²) in [4.78, 5) is 1.76. The number of halogens is 2. The van der Waals surface area contributed by atoms with Gasteiger partial charge in [-0.3, -0.25) is 0 Å². The first-order valence-electron chi connectivity index (χ1n) is 4.83. The smallest absolute Gasteiger partial charge is 0.217 e. The number of thiocarbonyl (C=S) groups is 1. The van der Waals surface area contributed by atoms with Gasteiger partial charge in [0.1, 0.15) is 12.4 Å². The van der Waals surface area contributed by atoms with Crippen LogP contribution in [-0.4, -0.2) is 29.8 Å². The van der Waals surface area contributed by atoms with Crippen LogP contribution in [0, 0.1) is 0 Å². The molecule has 1 aromatic rings. The van der Waals surface area contributed by atoms with Crippen LogP contribution in [0.4, 0.5) is 0 Å². The molecule has 0 radical (unpaired) electrons. The van der Waals surface area contributed by atoms with Crippen LogP contribution < -0.4 is 4.74 Å². The summed E-state index contributed by atoms with van der Waals surface area (Å²) in [6.07, 6.45) is -0.200. The fourth-order valence-corrected chi connectivity index (χ4v) is 1.93. The average Bonchev–Trinajstić information content (AvgIpc) is 2.59. The van der Waals surface area contributed by atoms with Crippen molar-refractivity contribution in [2.75, 3.05) is 13.7 Å². The van der Waals surface area contributed by atoms with Crippen LogP contribution in [0.5, 0.6) is 5.75 Å². The van der Waals surface area contributed by atoms with Gasteiger partial charge in [0.05, 0.1) is 5.02 Å². The Balaban J connectivity index is 1.99. The van der Waals surface area contributed by atoms with E-state index in [-0.39, 0.29) is 6.17 Å². The van der Waals surface area contributed by atoms with Gasteiger partial charge in [0.2, 0.25) is 5.11 Å². The van der Waals surface area contributed by atoms with Crippen LogP contribution in [0.15, 0.2) is 28.4 Å². The molecule has 1 heterocycles. The van der Waals surface area contributed by atoms with Crippen molar-refractivity contribution < 1.29 is 4.74 Å². The molecule has 0 fully saturated rings. The van der Waals surface area contributed by atoms with Crippen molar-refractivity contribution in [1.29, 1.82) is 0 Å². The lowest BCUT2D eigenvalue weighted by molar-refractivity contribution is 0.229. The van der Waals surface area contributed by atoms with E-state index in [9.17, 15) is 0 Å². The Morgan fingerprint density at radius 3 is 2.82 bits per heavy atom. The van der Waals surface area contributed by atoms with Crippen molar-refractivity contribution in [3.05, 3.63) is 28.2 Å². The van der Waals surface area contributed by atoms with Crippen molar-refractivity contribution in [3.8, 4) is 5.75 Å². The maximum absolute atomic E-state index is 5.98. The topological polar surface area (TPSA) is 37.2 Å². The maximum Gasteiger partial charge on any atom is 0.217 e. The zero-order chi connectivity index (χ0) is 12.4. The highest BCUT2D eigenvalue weighted by molar-refractivity contribution is 7.80. The highest BCUT2D eigenvalue weighted by Crippen LogP contribution is 2.28. The molecule has 0 saturated heterocycles. The van der Waals surface area contributed by atoms with Gasteiger partial charge in [-0.2, -0.15) is 5.11 Å². The average molecular weight is 290 g/mol. The summed E-state index contributed by atoms with van der Waals surface area (Å²) < 4.78 is 5.55. The molecule has 1 aliphatic heterocycles. The van der Waals surface area contributed by atoms with E-state index < -0.39 is 0 Å². The van der Waals surface area contributed by atoms with E-state index in [1.165, 1.54) is 0 Å². The Morgan fingerprint density at radius 1 is 1.47 bits per heavy atom. The second-order valence-corrected chi connectivity index (χ2v) is 4.68. The van der Waals surface area contributed by atoms with E-state index in [0.717, 1.165) is 0 Å². The third kappa shape index (κ3) is 2.86.